The number of benzene rings is 2. The Kier molecular flexibility index (Phi) is 5.14. The lowest BCUT2D eigenvalue weighted by Crippen LogP contribution is -2.39. The van der Waals surface area contributed by atoms with E-state index in [0.29, 0.717) is 6.61 Å². The summed E-state index contributed by atoms with van der Waals surface area (Å²) in [5.74, 6) is 1.91. The summed E-state index contributed by atoms with van der Waals surface area (Å²) in [5, 5.41) is 0.889. The third kappa shape index (κ3) is 4.14. The number of thioether (sulfide) groups is 1. The van der Waals surface area contributed by atoms with Crippen molar-refractivity contribution in [1.82, 2.24) is 0 Å². The van der Waals surface area contributed by atoms with Crippen molar-refractivity contribution in [3.63, 3.8) is 0 Å². The molecule has 4 rings (SSSR count). The number of amidine groups is 1. The fourth-order valence-electron chi connectivity index (χ4n) is 3.45. The Morgan fingerprint density at radius 2 is 1.85 bits per heavy atom. The number of anilines is 1. The molecule has 27 heavy (non-hydrogen) atoms. The van der Waals surface area contributed by atoms with Crippen LogP contribution in [-0.2, 0) is 9.84 Å². The molecule has 0 spiro atoms. The van der Waals surface area contributed by atoms with E-state index in [1.54, 1.807) is 11.8 Å². The van der Waals surface area contributed by atoms with Crippen LogP contribution in [0.25, 0.3) is 0 Å². The summed E-state index contributed by atoms with van der Waals surface area (Å²) < 4.78 is 29.9. The van der Waals surface area contributed by atoms with Gasteiger partial charge in [-0.15, -0.1) is 0 Å². The summed E-state index contributed by atoms with van der Waals surface area (Å²) in [5.41, 5.74) is 2.18. The van der Waals surface area contributed by atoms with Gasteiger partial charge in [0.15, 0.2) is 15.0 Å². The first kappa shape index (κ1) is 18.4. The van der Waals surface area contributed by atoms with Crippen LogP contribution in [0.15, 0.2) is 59.6 Å². The van der Waals surface area contributed by atoms with Gasteiger partial charge < -0.3 is 9.64 Å². The Morgan fingerprint density at radius 3 is 2.59 bits per heavy atom. The normalized spacial score (nSPS) is 23.1. The largest absolute Gasteiger partial charge is 0.493 e. The molecule has 0 bridgehead atoms. The van der Waals surface area contributed by atoms with Crippen LogP contribution in [0.5, 0.6) is 5.75 Å². The number of fused-ring (bicyclic) bond motifs is 1. The molecule has 2 aliphatic rings. The molecule has 0 N–H and O–H groups in total. The fourth-order valence-corrected chi connectivity index (χ4v) is 6.23. The number of ether oxygens (including phenoxy) is 1. The number of aryl methyl sites for hydroxylation is 1. The maximum absolute atomic E-state index is 12.1. The molecule has 2 aromatic carbocycles. The van der Waals surface area contributed by atoms with E-state index in [2.05, 4.69) is 4.90 Å². The van der Waals surface area contributed by atoms with Gasteiger partial charge in [-0.05, 0) is 31.2 Å². The minimum absolute atomic E-state index is 0.102. The first-order valence-corrected chi connectivity index (χ1v) is 11.8. The molecule has 5 nitrogen and oxygen atoms in total. The van der Waals surface area contributed by atoms with Gasteiger partial charge in [0, 0.05) is 11.4 Å². The number of rotatable bonds is 5. The molecular formula is C20H22N2O3S2. The number of nitrogens with zero attached hydrogens (tertiary/aromatic N) is 2. The highest BCUT2D eigenvalue weighted by atomic mass is 32.2. The van der Waals surface area contributed by atoms with Crippen molar-refractivity contribution in [1.29, 1.82) is 0 Å². The molecule has 0 amide bonds. The molecule has 0 radical (unpaired) electrons. The smallest absolute Gasteiger partial charge is 0.164 e. The maximum Gasteiger partial charge on any atom is 0.164 e. The molecule has 1 fully saturated rings. The van der Waals surface area contributed by atoms with Crippen LogP contribution in [-0.4, -0.2) is 49.5 Å². The SMILES string of the molecule is Cc1ccc(N2C(SCCOc3ccccc3)=NC3CS(=O)(=O)CC32)cc1. The molecule has 0 aliphatic carbocycles. The van der Waals surface area contributed by atoms with E-state index < -0.39 is 9.84 Å². The Bertz CT molecular complexity index is 927. The van der Waals surface area contributed by atoms with E-state index >= 15 is 0 Å². The average Bonchev–Trinajstić information content (AvgIpc) is 3.11. The molecule has 7 heteroatoms. The quantitative estimate of drug-likeness (QED) is 0.719. The highest BCUT2D eigenvalue weighted by molar-refractivity contribution is 8.14. The summed E-state index contributed by atoms with van der Waals surface area (Å²) in [6, 6.07) is 17.6. The van der Waals surface area contributed by atoms with E-state index in [1.165, 1.54) is 5.56 Å². The van der Waals surface area contributed by atoms with Crippen molar-refractivity contribution in [2.45, 2.75) is 19.0 Å². The third-order valence-electron chi connectivity index (χ3n) is 4.75. The summed E-state index contributed by atoms with van der Waals surface area (Å²) in [6.45, 7) is 2.62. The zero-order chi connectivity index (χ0) is 18.9. The molecule has 142 valence electrons. The Hall–Kier alpha value is -1.99. The average molecular weight is 403 g/mol. The van der Waals surface area contributed by atoms with E-state index in [4.69, 9.17) is 9.73 Å². The van der Waals surface area contributed by atoms with Gasteiger partial charge in [-0.25, -0.2) is 8.42 Å². The van der Waals surface area contributed by atoms with Crippen LogP contribution in [0.3, 0.4) is 0 Å². The van der Waals surface area contributed by atoms with Crippen molar-refractivity contribution in [2.75, 3.05) is 28.8 Å². The predicted octanol–water partition coefficient (Wildman–Crippen LogP) is 3.15. The molecule has 2 atom stereocenters. The van der Waals surface area contributed by atoms with Gasteiger partial charge in [0.2, 0.25) is 0 Å². The summed E-state index contributed by atoms with van der Waals surface area (Å²) in [4.78, 5) is 6.84. The van der Waals surface area contributed by atoms with Gasteiger partial charge in [-0.2, -0.15) is 0 Å². The van der Waals surface area contributed by atoms with Gasteiger partial charge in [0.1, 0.15) is 5.75 Å². The molecule has 2 aliphatic heterocycles. The van der Waals surface area contributed by atoms with Crippen molar-refractivity contribution in [3.05, 3.63) is 60.2 Å². The monoisotopic (exact) mass is 402 g/mol. The molecule has 1 saturated heterocycles. The van der Waals surface area contributed by atoms with Crippen molar-refractivity contribution < 1.29 is 13.2 Å². The van der Waals surface area contributed by atoms with Crippen LogP contribution in [0.1, 0.15) is 5.56 Å². The Balaban J connectivity index is 1.46. The third-order valence-corrected chi connectivity index (χ3v) is 7.38. The van der Waals surface area contributed by atoms with Gasteiger partial charge >= 0.3 is 0 Å². The topological polar surface area (TPSA) is 59.0 Å². The zero-order valence-electron chi connectivity index (χ0n) is 15.1. The lowest BCUT2D eigenvalue weighted by atomic mass is 10.1. The lowest BCUT2D eigenvalue weighted by Gasteiger charge is -2.26. The highest BCUT2D eigenvalue weighted by Crippen LogP contribution is 2.35. The van der Waals surface area contributed by atoms with Gasteiger partial charge in [0.25, 0.3) is 0 Å². The van der Waals surface area contributed by atoms with Crippen LogP contribution < -0.4 is 9.64 Å². The summed E-state index contributed by atoms with van der Waals surface area (Å²) in [6.07, 6.45) is 0. The second kappa shape index (κ2) is 7.56. The molecular weight excluding hydrogens is 380 g/mol. The number of hydrogen-bond donors (Lipinski definition) is 0. The van der Waals surface area contributed by atoms with Gasteiger partial charge in [-0.1, -0.05) is 47.7 Å². The Morgan fingerprint density at radius 1 is 1.11 bits per heavy atom. The van der Waals surface area contributed by atoms with Gasteiger partial charge in [0.05, 0.1) is 30.2 Å². The second-order valence-electron chi connectivity index (χ2n) is 6.84. The number of para-hydroxylation sites is 1. The van der Waals surface area contributed by atoms with Crippen LogP contribution in [0.4, 0.5) is 5.69 Å². The van der Waals surface area contributed by atoms with E-state index in [0.717, 1.165) is 22.4 Å². The maximum atomic E-state index is 12.1. The highest BCUT2D eigenvalue weighted by Gasteiger charge is 2.47. The summed E-state index contributed by atoms with van der Waals surface area (Å²) >= 11 is 1.62. The number of hydrogen-bond acceptors (Lipinski definition) is 6. The van der Waals surface area contributed by atoms with Crippen LogP contribution in [0.2, 0.25) is 0 Å². The molecule has 0 aromatic heterocycles. The van der Waals surface area contributed by atoms with Crippen LogP contribution in [0, 0.1) is 6.92 Å². The minimum atomic E-state index is -3.02. The van der Waals surface area contributed by atoms with Gasteiger partial charge in [-0.3, -0.25) is 4.99 Å². The molecule has 2 aromatic rings. The van der Waals surface area contributed by atoms with Crippen LogP contribution >= 0.6 is 11.8 Å². The standard InChI is InChI=1S/C20H22N2O3S2/c1-15-7-9-16(10-8-15)22-19-14-27(23,24)13-18(19)21-20(22)26-12-11-25-17-5-3-2-4-6-17/h2-10,18-19H,11-14H2,1H3. The van der Waals surface area contributed by atoms with Crippen molar-refractivity contribution in [3.8, 4) is 5.75 Å². The summed E-state index contributed by atoms with van der Waals surface area (Å²) in [7, 11) is -3.02. The molecule has 2 heterocycles. The first-order valence-electron chi connectivity index (χ1n) is 8.97. The number of sulfone groups is 1. The van der Waals surface area contributed by atoms with Crippen molar-refractivity contribution >= 4 is 32.5 Å². The zero-order valence-corrected chi connectivity index (χ0v) is 16.7. The van der Waals surface area contributed by atoms with E-state index in [1.807, 2.05) is 61.5 Å². The first-order chi connectivity index (χ1) is 13.0. The molecule has 0 saturated carbocycles. The minimum Gasteiger partial charge on any atom is -0.493 e. The Labute approximate surface area is 164 Å². The van der Waals surface area contributed by atoms with Crippen molar-refractivity contribution in [2.24, 2.45) is 4.99 Å². The van der Waals surface area contributed by atoms with E-state index in [-0.39, 0.29) is 23.6 Å². The molecule has 2 unspecified atom stereocenters. The number of aliphatic imine (C=N–C) groups is 1. The van der Waals surface area contributed by atoms with E-state index in [9.17, 15) is 8.42 Å². The predicted molar refractivity (Wildman–Crippen MR) is 112 cm³/mol. The fraction of sp³-hybridized carbons (Fsp3) is 0.350. The lowest BCUT2D eigenvalue weighted by molar-refractivity contribution is 0.344. The second-order valence-corrected chi connectivity index (χ2v) is 10.1.